The molecule has 0 spiro atoms. The standard InChI is InChI=1S/C25H31NO3/c1-7-16(2)26(20-11-9-8-10-12-20)22(27)15-25(6)14-13-21-19(5)23(28)17(3)18(4)24(21)29-25/h7-12,16,28H,1,13-15H2,2-6H3. The number of rotatable bonds is 5. The van der Waals surface area contributed by atoms with Crippen LogP contribution < -0.4 is 9.64 Å². The number of fused-ring (bicyclic) bond motifs is 1. The lowest BCUT2D eigenvalue weighted by Gasteiger charge is -2.39. The highest BCUT2D eigenvalue weighted by molar-refractivity contribution is 5.95. The van der Waals surface area contributed by atoms with E-state index < -0.39 is 5.60 Å². The van der Waals surface area contributed by atoms with Crippen LogP contribution in [0.1, 0.15) is 48.9 Å². The first-order valence-electron chi connectivity index (χ1n) is 10.2. The minimum Gasteiger partial charge on any atom is -0.507 e. The van der Waals surface area contributed by atoms with Gasteiger partial charge in [-0.3, -0.25) is 4.79 Å². The van der Waals surface area contributed by atoms with Crippen LogP contribution in [0.4, 0.5) is 5.69 Å². The lowest BCUT2D eigenvalue weighted by molar-refractivity contribution is -0.122. The topological polar surface area (TPSA) is 49.8 Å². The van der Waals surface area contributed by atoms with Gasteiger partial charge in [-0.15, -0.1) is 6.58 Å². The Bertz CT molecular complexity index is 935. The summed E-state index contributed by atoms with van der Waals surface area (Å²) >= 11 is 0. The first kappa shape index (κ1) is 21.0. The normalized spacial score (nSPS) is 19.1. The van der Waals surface area contributed by atoms with E-state index in [2.05, 4.69) is 6.58 Å². The van der Waals surface area contributed by atoms with Crippen molar-refractivity contribution in [1.82, 2.24) is 0 Å². The molecule has 4 heteroatoms. The third-order valence-corrected chi connectivity index (χ3v) is 6.17. The Hall–Kier alpha value is -2.75. The molecule has 0 radical (unpaired) electrons. The lowest BCUT2D eigenvalue weighted by Crippen LogP contribution is -2.46. The van der Waals surface area contributed by atoms with E-state index in [1.165, 1.54) is 0 Å². The van der Waals surface area contributed by atoms with E-state index in [9.17, 15) is 9.90 Å². The number of carbonyl (C=O) groups is 1. The fourth-order valence-corrected chi connectivity index (χ4v) is 4.12. The van der Waals surface area contributed by atoms with E-state index in [1.54, 1.807) is 11.0 Å². The largest absolute Gasteiger partial charge is 0.507 e. The summed E-state index contributed by atoms with van der Waals surface area (Å²) in [5.41, 5.74) is 3.97. The Morgan fingerprint density at radius 2 is 1.90 bits per heavy atom. The number of carbonyl (C=O) groups excluding carboxylic acids is 1. The maximum absolute atomic E-state index is 13.4. The summed E-state index contributed by atoms with van der Waals surface area (Å²) in [5, 5.41) is 10.4. The predicted octanol–water partition coefficient (Wildman–Crippen LogP) is 5.40. The van der Waals surface area contributed by atoms with E-state index >= 15 is 0 Å². The number of anilines is 1. The van der Waals surface area contributed by atoms with Gasteiger partial charge in [0, 0.05) is 11.3 Å². The predicted molar refractivity (Wildman–Crippen MR) is 118 cm³/mol. The first-order valence-corrected chi connectivity index (χ1v) is 10.2. The molecular formula is C25H31NO3. The average Bonchev–Trinajstić information content (AvgIpc) is 2.71. The summed E-state index contributed by atoms with van der Waals surface area (Å²) in [7, 11) is 0. The maximum atomic E-state index is 13.4. The quantitative estimate of drug-likeness (QED) is 0.692. The molecule has 1 aliphatic heterocycles. The van der Waals surface area contributed by atoms with Gasteiger partial charge in [0.25, 0.3) is 0 Å². The average molecular weight is 394 g/mol. The molecule has 0 bridgehead atoms. The molecule has 2 unspecified atom stereocenters. The van der Waals surface area contributed by atoms with Crippen LogP contribution in [-0.2, 0) is 11.2 Å². The third kappa shape index (κ3) is 3.89. The van der Waals surface area contributed by atoms with Crippen LogP contribution >= 0.6 is 0 Å². The van der Waals surface area contributed by atoms with Crippen molar-refractivity contribution in [2.45, 2.75) is 65.5 Å². The number of hydrogen-bond acceptors (Lipinski definition) is 3. The van der Waals surface area contributed by atoms with Gasteiger partial charge in [0.1, 0.15) is 17.1 Å². The van der Waals surface area contributed by atoms with Gasteiger partial charge in [-0.2, -0.15) is 0 Å². The van der Waals surface area contributed by atoms with Crippen LogP contribution in [0.25, 0.3) is 0 Å². The molecule has 3 rings (SSSR count). The minimum absolute atomic E-state index is 0.0134. The Labute approximate surface area is 173 Å². The number of benzene rings is 2. The van der Waals surface area contributed by atoms with Gasteiger partial charge < -0.3 is 14.7 Å². The SMILES string of the molecule is C=CC(C)N(C(=O)CC1(C)CCc2c(C)c(O)c(C)c(C)c2O1)c1ccccc1. The van der Waals surface area contributed by atoms with Crippen molar-refractivity contribution in [2.75, 3.05) is 4.90 Å². The Morgan fingerprint density at radius 1 is 1.24 bits per heavy atom. The van der Waals surface area contributed by atoms with Gasteiger partial charge in [0.15, 0.2) is 0 Å². The molecule has 29 heavy (non-hydrogen) atoms. The summed E-state index contributed by atoms with van der Waals surface area (Å²) in [5.74, 6) is 1.18. The van der Waals surface area contributed by atoms with Gasteiger partial charge in [0.05, 0.1) is 12.5 Å². The molecule has 0 aliphatic carbocycles. The van der Waals surface area contributed by atoms with Crippen LogP contribution in [0.5, 0.6) is 11.5 Å². The fourth-order valence-electron chi connectivity index (χ4n) is 4.12. The maximum Gasteiger partial charge on any atom is 0.231 e. The van der Waals surface area contributed by atoms with Crippen LogP contribution in [0.3, 0.4) is 0 Å². The number of ether oxygens (including phenoxy) is 1. The third-order valence-electron chi connectivity index (χ3n) is 6.17. The van der Waals surface area contributed by atoms with E-state index in [1.807, 2.05) is 65.0 Å². The van der Waals surface area contributed by atoms with Gasteiger partial charge in [0.2, 0.25) is 5.91 Å². The number of hydrogen-bond donors (Lipinski definition) is 1. The van der Waals surface area contributed by atoms with Gasteiger partial charge in [-0.25, -0.2) is 0 Å². The summed E-state index contributed by atoms with van der Waals surface area (Å²) in [6.07, 6.45) is 3.56. The van der Waals surface area contributed by atoms with Crippen LogP contribution in [0.15, 0.2) is 43.0 Å². The van der Waals surface area contributed by atoms with E-state index in [4.69, 9.17) is 4.74 Å². The van der Waals surface area contributed by atoms with Gasteiger partial charge in [-0.05, 0) is 76.3 Å². The second-order valence-corrected chi connectivity index (χ2v) is 8.34. The summed E-state index contributed by atoms with van der Waals surface area (Å²) in [6.45, 7) is 13.7. The molecule has 2 aromatic rings. The molecule has 2 atom stereocenters. The highest BCUT2D eigenvalue weighted by Gasteiger charge is 2.38. The highest BCUT2D eigenvalue weighted by atomic mass is 16.5. The summed E-state index contributed by atoms with van der Waals surface area (Å²) in [6, 6.07) is 9.57. The smallest absolute Gasteiger partial charge is 0.231 e. The Kier molecular flexibility index (Phi) is 5.74. The van der Waals surface area contributed by atoms with Crippen molar-refractivity contribution in [2.24, 2.45) is 0 Å². The summed E-state index contributed by atoms with van der Waals surface area (Å²) < 4.78 is 6.45. The molecule has 0 aromatic heterocycles. The second kappa shape index (κ2) is 7.94. The van der Waals surface area contributed by atoms with E-state index in [-0.39, 0.29) is 18.4 Å². The van der Waals surface area contributed by atoms with E-state index in [0.717, 1.165) is 46.5 Å². The molecule has 4 nitrogen and oxygen atoms in total. The van der Waals surface area contributed by atoms with Crippen LogP contribution in [0.2, 0.25) is 0 Å². The van der Waals surface area contributed by atoms with E-state index in [0.29, 0.717) is 5.75 Å². The van der Waals surface area contributed by atoms with Crippen LogP contribution in [-0.4, -0.2) is 22.7 Å². The zero-order chi connectivity index (χ0) is 21.3. The Balaban J connectivity index is 1.90. The molecule has 1 amide bonds. The molecule has 154 valence electrons. The number of phenolic OH excluding ortho intramolecular Hbond substituents is 1. The summed E-state index contributed by atoms with van der Waals surface area (Å²) in [4.78, 5) is 15.1. The monoisotopic (exact) mass is 393 g/mol. The van der Waals surface area contributed by atoms with Crippen molar-refractivity contribution in [1.29, 1.82) is 0 Å². The van der Waals surface area contributed by atoms with Gasteiger partial charge >= 0.3 is 0 Å². The number of aromatic hydroxyl groups is 1. The first-order chi connectivity index (χ1) is 13.7. The van der Waals surface area contributed by atoms with Gasteiger partial charge in [-0.1, -0.05) is 24.3 Å². The molecular weight excluding hydrogens is 362 g/mol. The zero-order valence-electron chi connectivity index (χ0n) is 18.1. The molecule has 0 saturated heterocycles. The second-order valence-electron chi connectivity index (χ2n) is 8.34. The number of amides is 1. The molecule has 2 aromatic carbocycles. The van der Waals surface area contributed by atoms with Crippen molar-refractivity contribution in [3.05, 3.63) is 65.2 Å². The van der Waals surface area contributed by atoms with Crippen molar-refractivity contribution >= 4 is 11.6 Å². The Morgan fingerprint density at radius 3 is 2.52 bits per heavy atom. The zero-order valence-corrected chi connectivity index (χ0v) is 18.1. The fraction of sp³-hybridized carbons (Fsp3) is 0.400. The highest BCUT2D eigenvalue weighted by Crippen LogP contribution is 2.44. The number of para-hydroxylation sites is 1. The van der Waals surface area contributed by atoms with Crippen molar-refractivity contribution in [3.63, 3.8) is 0 Å². The number of phenols is 1. The molecule has 1 heterocycles. The molecule has 0 saturated carbocycles. The lowest BCUT2D eigenvalue weighted by atomic mass is 9.85. The minimum atomic E-state index is -0.599. The van der Waals surface area contributed by atoms with Crippen LogP contribution in [0, 0.1) is 20.8 Å². The van der Waals surface area contributed by atoms with Crippen molar-refractivity contribution < 1.29 is 14.6 Å². The van der Waals surface area contributed by atoms with Crippen molar-refractivity contribution in [3.8, 4) is 11.5 Å². The number of nitrogens with zero attached hydrogens (tertiary/aromatic N) is 1. The molecule has 0 fully saturated rings. The molecule has 1 aliphatic rings. The molecule has 1 N–H and O–H groups in total.